The van der Waals surface area contributed by atoms with E-state index in [1.54, 1.807) is 24.3 Å². The van der Waals surface area contributed by atoms with Gasteiger partial charge in [0.25, 0.3) is 0 Å². The van der Waals surface area contributed by atoms with Crippen molar-refractivity contribution in [2.24, 2.45) is 0 Å². The molecule has 0 saturated carbocycles. The number of hydrogen-bond donors (Lipinski definition) is 1. The molecule has 0 bridgehead atoms. The average Bonchev–Trinajstić information content (AvgIpc) is 2.65. The molecule has 0 fully saturated rings. The van der Waals surface area contributed by atoms with E-state index in [4.69, 9.17) is 11.2 Å². The summed E-state index contributed by atoms with van der Waals surface area (Å²) in [5, 5.41) is 3.39. The maximum absolute atomic E-state index is 13.2. The second-order valence-corrected chi connectivity index (χ2v) is 7.43. The maximum Gasteiger partial charge on any atom is 0.228 e. The normalized spacial score (nSPS) is 20.3. The number of carbonyl (C=O) groups excluding carboxylic acids is 2. The van der Waals surface area contributed by atoms with Crippen LogP contribution in [0, 0.1) is 12.3 Å². The molecular formula is C23H19NO3. The van der Waals surface area contributed by atoms with Gasteiger partial charge in [0.15, 0.2) is 11.5 Å². The smallest absolute Gasteiger partial charge is 0.228 e. The number of terminal acetylenes is 1. The summed E-state index contributed by atoms with van der Waals surface area (Å²) in [6.07, 6.45) is 6.04. The fourth-order valence-electron chi connectivity index (χ4n) is 3.72. The van der Waals surface area contributed by atoms with Crippen molar-refractivity contribution < 1.29 is 14.3 Å². The Morgan fingerprint density at radius 3 is 2.48 bits per heavy atom. The van der Waals surface area contributed by atoms with Crippen molar-refractivity contribution in [3.05, 3.63) is 76.6 Å². The molecule has 0 aromatic heterocycles. The quantitative estimate of drug-likeness (QED) is 0.826. The van der Waals surface area contributed by atoms with Gasteiger partial charge in [0.05, 0.1) is 11.6 Å². The summed E-state index contributed by atoms with van der Waals surface area (Å²) < 4.78 is 5.97. The van der Waals surface area contributed by atoms with E-state index in [0.717, 1.165) is 11.3 Å². The second-order valence-electron chi connectivity index (χ2n) is 7.43. The van der Waals surface area contributed by atoms with Crippen LogP contribution in [0.15, 0.2) is 59.9 Å². The highest BCUT2D eigenvalue weighted by Crippen LogP contribution is 2.39. The first-order valence-corrected chi connectivity index (χ1v) is 8.84. The number of benzene rings is 2. The van der Waals surface area contributed by atoms with Gasteiger partial charge in [0, 0.05) is 28.8 Å². The Morgan fingerprint density at radius 1 is 1.07 bits per heavy atom. The molecule has 0 amide bonds. The Kier molecular flexibility index (Phi) is 3.89. The van der Waals surface area contributed by atoms with Gasteiger partial charge in [-0.1, -0.05) is 36.3 Å². The number of carbonyl (C=O) groups is 2. The molecule has 4 heteroatoms. The SMILES string of the molecule is C#Cc1cccc(NC2CC(C)(C)OC3=C2C(=O)c2ccccc2C3=O)c1. The van der Waals surface area contributed by atoms with Gasteiger partial charge in [-0.15, -0.1) is 6.42 Å². The lowest BCUT2D eigenvalue weighted by atomic mass is 9.79. The summed E-state index contributed by atoms with van der Waals surface area (Å²) in [4.78, 5) is 26.2. The number of allylic oxidation sites excluding steroid dienone is 1. The lowest BCUT2D eigenvalue weighted by Crippen LogP contribution is -2.45. The van der Waals surface area contributed by atoms with E-state index >= 15 is 0 Å². The molecule has 1 aliphatic carbocycles. The number of fused-ring (bicyclic) bond motifs is 1. The van der Waals surface area contributed by atoms with Crippen LogP contribution in [0.2, 0.25) is 0 Å². The van der Waals surface area contributed by atoms with Crippen LogP contribution in [-0.4, -0.2) is 23.2 Å². The Labute approximate surface area is 158 Å². The fraction of sp³-hybridized carbons (Fsp3) is 0.217. The standard InChI is InChI=1S/C23H19NO3/c1-4-14-8-7-9-15(12-14)24-18-13-23(2,3)27-22-19(18)20(25)16-10-5-6-11-17(16)21(22)26/h1,5-12,18,24H,13H2,2-3H3. The first-order chi connectivity index (χ1) is 12.9. The van der Waals surface area contributed by atoms with Crippen LogP contribution in [0.1, 0.15) is 46.5 Å². The summed E-state index contributed by atoms with van der Waals surface area (Å²) in [7, 11) is 0. The summed E-state index contributed by atoms with van der Waals surface area (Å²) in [5.41, 5.74) is 2.18. The summed E-state index contributed by atoms with van der Waals surface area (Å²) in [6.45, 7) is 3.84. The molecule has 1 atom stereocenters. The van der Waals surface area contributed by atoms with Gasteiger partial charge >= 0.3 is 0 Å². The zero-order valence-electron chi connectivity index (χ0n) is 15.2. The summed E-state index contributed by atoms with van der Waals surface area (Å²) in [5.74, 6) is 2.36. The monoisotopic (exact) mass is 357 g/mol. The third kappa shape index (κ3) is 2.92. The molecule has 4 nitrogen and oxygen atoms in total. The van der Waals surface area contributed by atoms with E-state index in [1.807, 2.05) is 38.1 Å². The lowest BCUT2D eigenvalue weighted by molar-refractivity contribution is 0.00750. The van der Waals surface area contributed by atoms with E-state index in [-0.39, 0.29) is 23.4 Å². The van der Waals surface area contributed by atoms with Crippen LogP contribution in [0.4, 0.5) is 5.69 Å². The summed E-state index contributed by atoms with van der Waals surface area (Å²) >= 11 is 0. The third-order valence-electron chi connectivity index (χ3n) is 4.90. The number of anilines is 1. The molecular weight excluding hydrogens is 338 g/mol. The Balaban J connectivity index is 1.80. The number of Topliss-reactive ketones (excluding diaryl/α,β-unsaturated/α-hetero) is 2. The molecule has 4 rings (SSSR count). The minimum atomic E-state index is -0.581. The van der Waals surface area contributed by atoms with Crippen LogP contribution >= 0.6 is 0 Å². The highest BCUT2D eigenvalue weighted by molar-refractivity contribution is 6.26. The van der Waals surface area contributed by atoms with E-state index in [9.17, 15) is 9.59 Å². The largest absolute Gasteiger partial charge is 0.483 e. The molecule has 27 heavy (non-hydrogen) atoms. The van der Waals surface area contributed by atoms with Gasteiger partial charge in [0.1, 0.15) is 5.60 Å². The van der Waals surface area contributed by atoms with Crippen LogP contribution in [0.5, 0.6) is 0 Å². The predicted octanol–water partition coefficient (Wildman–Crippen LogP) is 3.98. The van der Waals surface area contributed by atoms with E-state index in [1.165, 1.54) is 0 Å². The van der Waals surface area contributed by atoms with Gasteiger partial charge < -0.3 is 10.1 Å². The van der Waals surface area contributed by atoms with Gasteiger partial charge in [-0.3, -0.25) is 9.59 Å². The van der Waals surface area contributed by atoms with Crippen LogP contribution in [0.25, 0.3) is 0 Å². The molecule has 1 aliphatic heterocycles. The summed E-state index contributed by atoms with van der Waals surface area (Å²) in [6, 6.07) is 14.0. The van der Waals surface area contributed by atoms with Crippen molar-refractivity contribution in [2.75, 3.05) is 5.32 Å². The minimum Gasteiger partial charge on any atom is -0.483 e. The highest BCUT2D eigenvalue weighted by Gasteiger charge is 2.45. The average molecular weight is 357 g/mol. The van der Waals surface area contributed by atoms with Crippen molar-refractivity contribution in [1.29, 1.82) is 0 Å². The first kappa shape index (κ1) is 17.1. The zero-order valence-corrected chi connectivity index (χ0v) is 15.2. The lowest BCUT2D eigenvalue weighted by Gasteiger charge is -2.40. The number of ether oxygens (including phenoxy) is 1. The Morgan fingerprint density at radius 2 is 1.78 bits per heavy atom. The highest BCUT2D eigenvalue weighted by atomic mass is 16.5. The topological polar surface area (TPSA) is 55.4 Å². The van der Waals surface area contributed by atoms with Gasteiger partial charge in [-0.05, 0) is 32.0 Å². The second kappa shape index (κ2) is 6.14. The minimum absolute atomic E-state index is 0.153. The molecule has 2 aliphatic rings. The van der Waals surface area contributed by atoms with Crippen LogP contribution in [0.3, 0.4) is 0 Å². The molecule has 1 heterocycles. The van der Waals surface area contributed by atoms with E-state index in [2.05, 4.69) is 11.2 Å². The van der Waals surface area contributed by atoms with Crippen molar-refractivity contribution >= 4 is 17.3 Å². The van der Waals surface area contributed by atoms with E-state index in [0.29, 0.717) is 23.1 Å². The Bertz CT molecular complexity index is 1040. The number of nitrogens with one attached hydrogen (secondary N) is 1. The van der Waals surface area contributed by atoms with Gasteiger partial charge in [-0.2, -0.15) is 0 Å². The number of rotatable bonds is 2. The van der Waals surface area contributed by atoms with Crippen molar-refractivity contribution in [3.63, 3.8) is 0 Å². The van der Waals surface area contributed by atoms with Gasteiger partial charge in [-0.25, -0.2) is 0 Å². The fourth-order valence-corrected chi connectivity index (χ4v) is 3.72. The molecule has 0 radical (unpaired) electrons. The van der Waals surface area contributed by atoms with Gasteiger partial charge in [0.2, 0.25) is 5.78 Å². The molecule has 0 spiro atoms. The Hall–Kier alpha value is -3.32. The van der Waals surface area contributed by atoms with Crippen molar-refractivity contribution in [3.8, 4) is 12.3 Å². The van der Waals surface area contributed by atoms with E-state index < -0.39 is 5.60 Å². The number of ketones is 2. The maximum atomic E-state index is 13.2. The third-order valence-corrected chi connectivity index (χ3v) is 4.90. The molecule has 2 aromatic rings. The molecule has 134 valence electrons. The first-order valence-electron chi connectivity index (χ1n) is 8.84. The molecule has 1 unspecified atom stereocenters. The zero-order chi connectivity index (χ0) is 19.2. The molecule has 0 saturated heterocycles. The van der Waals surface area contributed by atoms with Crippen molar-refractivity contribution in [2.45, 2.75) is 31.9 Å². The number of hydrogen-bond acceptors (Lipinski definition) is 4. The van der Waals surface area contributed by atoms with Crippen molar-refractivity contribution in [1.82, 2.24) is 0 Å². The predicted molar refractivity (Wildman–Crippen MR) is 104 cm³/mol. The van der Waals surface area contributed by atoms with Crippen LogP contribution in [-0.2, 0) is 4.74 Å². The van der Waals surface area contributed by atoms with Crippen LogP contribution < -0.4 is 5.32 Å². The molecule has 2 aromatic carbocycles. The molecule has 1 N–H and O–H groups in total.